The molecule has 0 saturated heterocycles. The molecule has 5 rings (SSSR count). The van der Waals surface area contributed by atoms with Gasteiger partial charge in [0.2, 0.25) is 0 Å². The summed E-state index contributed by atoms with van der Waals surface area (Å²) in [5.41, 5.74) is 4.98. The van der Waals surface area contributed by atoms with E-state index in [4.69, 9.17) is 4.74 Å². The van der Waals surface area contributed by atoms with Crippen LogP contribution in [0.4, 0.5) is 0 Å². The number of hydrogen-bond donors (Lipinski definition) is 0. The van der Waals surface area contributed by atoms with Gasteiger partial charge in [0.25, 0.3) is 5.91 Å². The van der Waals surface area contributed by atoms with Gasteiger partial charge < -0.3 is 4.74 Å². The molecule has 0 saturated carbocycles. The summed E-state index contributed by atoms with van der Waals surface area (Å²) in [6.07, 6.45) is 2.48. The molecule has 1 atom stereocenters. The maximum atomic E-state index is 12.7. The molecule has 3 aromatic carbocycles. The van der Waals surface area contributed by atoms with Crippen molar-refractivity contribution in [2.75, 3.05) is 0 Å². The number of benzene rings is 3. The van der Waals surface area contributed by atoms with E-state index in [1.807, 2.05) is 78.9 Å². The van der Waals surface area contributed by atoms with Crippen LogP contribution in [0.25, 0.3) is 11.1 Å². The molecule has 0 spiro atoms. The van der Waals surface area contributed by atoms with Crippen molar-refractivity contribution in [3.05, 3.63) is 108 Å². The average Bonchev–Trinajstić information content (AvgIpc) is 3.28. The van der Waals surface area contributed by atoms with Crippen molar-refractivity contribution in [2.24, 2.45) is 4.99 Å². The fourth-order valence-electron chi connectivity index (χ4n) is 3.90. The average molecular weight is 426 g/mol. The van der Waals surface area contributed by atoms with E-state index < -0.39 is 16.8 Å². The third kappa shape index (κ3) is 3.51. The highest BCUT2D eigenvalue weighted by molar-refractivity contribution is 8.16. The molecule has 1 aliphatic heterocycles. The Morgan fingerprint density at radius 1 is 0.935 bits per heavy atom. The molecule has 0 N–H and O–H groups in total. The Hall–Kier alpha value is -3.44. The summed E-state index contributed by atoms with van der Waals surface area (Å²) in [5, 5.41) is 0.657. The number of hydrogen-bond acceptors (Lipinski definition) is 4. The summed E-state index contributed by atoms with van der Waals surface area (Å²) in [4.78, 5) is 29.5. The number of carbonyl (C=O) groups excluding carboxylic acids is 2. The summed E-state index contributed by atoms with van der Waals surface area (Å²) < 4.78 is 4.90. The molecule has 152 valence electrons. The Balaban J connectivity index is 1.34. The van der Waals surface area contributed by atoms with Gasteiger partial charge in [-0.25, -0.2) is 9.79 Å². The minimum absolute atomic E-state index is 0.281. The number of rotatable bonds is 4. The molecule has 4 nitrogen and oxygen atoms in total. The molecular formula is C26H19NO3S. The third-order valence-corrected chi connectivity index (χ3v) is 6.76. The van der Waals surface area contributed by atoms with E-state index in [1.165, 1.54) is 17.8 Å². The number of thioether (sulfide) groups is 1. The molecule has 2 aliphatic rings. The summed E-state index contributed by atoms with van der Waals surface area (Å²) in [6, 6.07) is 25.4. The lowest BCUT2D eigenvalue weighted by atomic mass is 10.1. The van der Waals surface area contributed by atoms with Gasteiger partial charge in [-0.3, -0.25) is 4.79 Å². The van der Waals surface area contributed by atoms with Gasteiger partial charge in [0.15, 0.2) is 6.10 Å². The second kappa shape index (κ2) is 7.67. The quantitative estimate of drug-likeness (QED) is 0.419. The second-order valence-corrected chi connectivity index (χ2v) is 9.06. The molecule has 31 heavy (non-hydrogen) atoms. The van der Waals surface area contributed by atoms with Gasteiger partial charge in [0, 0.05) is 22.8 Å². The Morgan fingerprint density at radius 3 is 2.16 bits per heavy atom. The van der Waals surface area contributed by atoms with Crippen LogP contribution in [0.5, 0.6) is 0 Å². The number of aliphatic imine (C=N–C) groups is 1. The molecule has 0 bridgehead atoms. The lowest BCUT2D eigenvalue weighted by Gasteiger charge is -2.16. The third-order valence-electron chi connectivity index (χ3n) is 5.51. The van der Waals surface area contributed by atoms with E-state index in [0.717, 1.165) is 27.8 Å². The summed E-state index contributed by atoms with van der Waals surface area (Å²) >= 11 is 1.34. The second-order valence-electron chi connectivity index (χ2n) is 7.62. The maximum Gasteiger partial charge on any atom is 0.331 e. The Bertz CT molecular complexity index is 1200. The van der Waals surface area contributed by atoms with E-state index in [1.54, 1.807) is 13.0 Å². The van der Waals surface area contributed by atoms with Crippen LogP contribution in [0.2, 0.25) is 0 Å². The number of esters is 1. The van der Waals surface area contributed by atoms with Crippen LogP contribution >= 0.6 is 11.8 Å². The molecular weight excluding hydrogens is 406 g/mol. The molecule has 0 aromatic heterocycles. The first-order chi connectivity index (χ1) is 15.0. The lowest BCUT2D eigenvalue weighted by molar-refractivity contribution is -0.141. The van der Waals surface area contributed by atoms with Crippen LogP contribution in [-0.4, -0.2) is 21.7 Å². The van der Waals surface area contributed by atoms with Crippen LogP contribution < -0.4 is 0 Å². The van der Waals surface area contributed by atoms with Gasteiger partial charge in [-0.1, -0.05) is 96.7 Å². The minimum Gasteiger partial charge on any atom is -0.449 e. The van der Waals surface area contributed by atoms with E-state index in [-0.39, 0.29) is 5.91 Å². The van der Waals surface area contributed by atoms with Gasteiger partial charge >= 0.3 is 5.97 Å². The van der Waals surface area contributed by atoms with Crippen LogP contribution in [0.3, 0.4) is 0 Å². The van der Waals surface area contributed by atoms with Gasteiger partial charge in [0.05, 0.1) is 0 Å². The zero-order chi connectivity index (χ0) is 21.4. The van der Waals surface area contributed by atoms with Crippen LogP contribution in [-0.2, 0) is 14.3 Å². The van der Waals surface area contributed by atoms with Gasteiger partial charge in [-0.15, -0.1) is 0 Å². The van der Waals surface area contributed by atoms with E-state index >= 15 is 0 Å². The largest absolute Gasteiger partial charge is 0.449 e. The topological polar surface area (TPSA) is 55.7 Å². The van der Waals surface area contributed by atoms with Crippen LogP contribution in [0.15, 0.2) is 96.0 Å². The van der Waals surface area contributed by atoms with Crippen LogP contribution in [0.1, 0.15) is 29.7 Å². The van der Waals surface area contributed by atoms with Gasteiger partial charge in [-0.05, 0) is 18.1 Å². The van der Waals surface area contributed by atoms with Crippen molar-refractivity contribution in [1.82, 2.24) is 0 Å². The van der Waals surface area contributed by atoms with Crippen molar-refractivity contribution < 1.29 is 14.3 Å². The van der Waals surface area contributed by atoms with E-state index in [0.29, 0.717) is 5.04 Å². The lowest BCUT2D eigenvalue weighted by Crippen LogP contribution is -2.24. The molecule has 5 heteroatoms. The summed E-state index contributed by atoms with van der Waals surface area (Å²) in [7, 11) is 0. The van der Waals surface area contributed by atoms with Crippen molar-refractivity contribution in [1.29, 1.82) is 0 Å². The van der Waals surface area contributed by atoms with Gasteiger partial charge in [-0.2, -0.15) is 0 Å². The standard InChI is InChI=1S/C26H19NO3S/c1-26(25(29)27-24(31-26)17-9-3-2-4-10-17)16-15-22(28)30-23-20-13-7-5-11-18(20)19-12-6-8-14-21(19)23/h2-16,23H,1H3/b16-15+/t26-/m1/s1. The number of carbonyl (C=O) groups is 2. The maximum absolute atomic E-state index is 12.7. The molecule has 1 aliphatic carbocycles. The molecule has 0 fully saturated rings. The number of nitrogens with zero attached hydrogens (tertiary/aromatic N) is 1. The van der Waals surface area contributed by atoms with Crippen molar-refractivity contribution in [3.63, 3.8) is 0 Å². The van der Waals surface area contributed by atoms with Crippen LogP contribution in [0, 0.1) is 0 Å². The zero-order valence-electron chi connectivity index (χ0n) is 16.8. The van der Waals surface area contributed by atoms with Gasteiger partial charge in [0.1, 0.15) is 9.79 Å². The molecule has 3 aromatic rings. The number of fused-ring (bicyclic) bond motifs is 3. The predicted molar refractivity (Wildman–Crippen MR) is 123 cm³/mol. The SMILES string of the molecule is C[C@]1(/C=C/C(=O)OC2c3ccccc3-c3ccccc32)SC(c2ccccc2)=NC1=O. The summed E-state index contributed by atoms with van der Waals surface area (Å²) in [5.74, 6) is -0.767. The Labute approximate surface area is 184 Å². The Kier molecular flexibility index (Phi) is 4.83. The van der Waals surface area contributed by atoms with Crippen molar-refractivity contribution in [3.8, 4) is 11.1 Å². The highest BCUT2D eigenvalue weighted by Crippen LogP contribution is 2.45. The smallest absolute Gasteiger partial charge is 0.331 e. The highest BCUT2D eigenvalue weighted by Gasteiger charge is 2.39. The number of ether oxygens (including phenoxy) is 1. The van der Waals surface area contributed by atoms with Crippen molar-refractivity contribution in [2.45, 2.75) is 17.8 Å². The first-order valence-electron chi connectivity index (χ1n) is 10.0. The molecule has 0 radical (unpaired) electrons. The fourth-order valence-corrected chi connectivity index (χ4v) is 4.95. The number of amides is 1. The van der Waals surface area contributed by atoms with Crippen molar-refractivity contribution >= 4 is 28.7 Å². The van der Waals surface area contributed by atoms with E-state index in [9.17, 15) is 9.59 Å². The first-order valence-corrected chi connectivity index (χ1v) is 10.8. The highest BCUT2D eigenvalue weighted by atomic mass is 32.2. The fraction of sp³-hybridized carbons (Fsp3) is 0.115. The Morgan fingerprint density at radius 2 is 1.52 bits per heavy atom. The van der Waals surface area contributed by atoms with E-state index in [2.05, 4.69) is 4.99 Å². The zero-order valence-corrected chi connectivity index (χ0v) is 17.6. The molecule has 0 unspecified atom stereocenters. The minimum atomic E-state index is -0.935. The normalized spacial score (nSPS) is 19.9. The predicted octanol–water partition coefficient (Wildman–Crippen LogP) is 5.33. The molecule has 1 amide bonds. The molecule has 1 heterocycles. The monoisotopic (exact) mass is 425 g/mol. The first kappa shape index (κ1) is 19.5. The summed E-state index contributed by atoms with van der Waals surface area (Å²) in [6.45, 7) is 1.77.